The fourth-order valence-electron chi connectivity index (χ4n) is 3.66. The van der Waals surface area contributed by atoms with Crippen molar-refractivity contribution >= 4 is 51.3 Å². The van der Waals surface area contributed by atoms with E-state index in [0.29, 0.717) is 35.8 Å². The van der Waals surface area contributed by atoms with Crippen LogP contribution in [0.25, 0.3) is 0 Å². The number of hydrogen-bond donors (Lipinski definition) is 3. The summed E-state index contributed by atoms with van der Waals surface area (Å²) >= 11 is 9.33. The number of ether oxygens (including phenoxy) is 1. The molecular weight excluding hydrogens is 540 g/mol. The molecule has 1 saturated heterocycles. The zero-order valence-electron chi connectivity index (χ0n) is 18.5. The lowest BCUT2D eigenvalue weighted by Gasteiger charge is -2.32. The highest BCUT2D eigenvalue weighted by Gasteiger charge is 2.25. The molecule has 0 radical (unpaired) electrons. The summed E-state index contributed by atoms with van der Waals surface area (Å²) in [6.07, 6.45) is 4.06. The Morgan fingerprint density at radius 2 is 1.86 bits per heavy atom. The van der Waals surface area contributed by atoms with Gasteiger partial charge in [-0.2, -0.15) is 0 Å². The third-order valence-electron chi connectivity index (χ3n) is 5.59. The first-order chi connectivity index (χ1) is 16.9. The minimum absolute atomic E-state index is 0.0148. The van der Waals surface area contributed by atoms with Crippen LogP contribution in [0.15, 0.2) is 53.3 Å². The van der Waals surface area contributed by atoms with E-state index in [1.165, 1.54) is 0 Å². The summed E-state index contributed by atoms with van der Waals surface area (Å²) in [5, 5.41) is 12.2. The van der Waals surface area contributed by atoms with Crippen LogP contribution in [0.5, 0.6) is 5.88 Å². The maximum Gasteiger partial charge on any atom is 0.414 e. The van der Waals surface area contributed by atoms with Gasteiger partial charge in [-0.15, -0.1) is 5.10 Å². The van der Waals surface area contributed by atoms with Crippen LogP contribution in [0, 0.1) is 5.92 Å². The van der Waals surface area contributed by atoms with Crippen molar-refractivity contribution in [2.75, 3.05) is 25.0 Å². The van der Waals surface area contributed by atoms with E-state index in [4.69, 9.17) is 16.3 Å². The molecule has 0 atom stereocenters. The van der Waals surface area contributed by atoms with Crippen molar-refractivity contribution < 1.29 is 19.1 Å². The quantitative estimate of drug-likeness (QED) is 0.415. The molecule has 0 unspecified atom stereocenters. The average Bonchev–Trinajstić information content (AvgIpc) is 3.21. The number of H-pyrrole nitrogens is 1. The fraction of sp³-hybridized carbons (Fsp3) is 0.261. The number of aromatic nitrogens is 3. The second kappa shape index (κ2) is 11.3. The molecule has 2 aromatic heterocycles. The SMILES string of the molecule is O=C(NCC1CCN(C(=O)c2ccncc2)CC1)Oc1n[nH]c(NC(=O)c2ccccc2Cl)c1Br. The number of nitrogens with zero attached hydrogens (tertiary/aromatic N) is 3. The molecule has 3 heterocycles. The minimum Gasteiger partial charge on any atom is -0.388 e. The molecule has 3 amide bonds. The number of benzene rings is 1. The van der Waals surface area contributed by atoms with Crippen LogP contribution in [0.1, 0.15) is 33.6 Å². The number of pyridine rings is 1. The molecule has 1 aliphatic rings. The van der Waals surface area contributed by atoms with Crippen LogP contribution in [0.4, 0.5) is 10.6 Å². The molecule has 35 heavy (non-hydrogen) atoms. The zero-order chi connectivity index (χ0) is 24.8. The Labute approximate surface area is 214 Å². The number of carbonyl (C=O) groups excluding carboxylic acids is 3. The summed E-state index contributed by atoms with van der Waals surface area (Å²) in [4.78, 5) is 43.0. The predicted molar refractivity (Wildman–Crippen MR) is 133 cm³/mol. The molecule has 1 aromatic carbocycles. The Balaban J connectivity index is 1.23. The van der Waals surface area contributed by atoms with E-state index < -0.39 is 12.0 Å². The van der Waals surface area contributed by atoms with E-state index in [0.717, 1.165) is 12.8 Å². The Kier molecular flexibility index (Phi) is 7.98. The first-order valence-electron chi connectivity index (χ1n) is 10.9. The maximum atomic E-state index is 12.5. The number of aromatic amines is 1. The number of nitrogens with one attached hydrogen (secondary N) is 3. The smallest absolute Gasteiger partial charge is 0.388 e. The van der Waals surface area contributed by atoms with Gasteiger partial charge in [0.15, 0.2) is 0 Å². The highest BCUT2D eigenvalue weighted by atomic mass is 79.9. The van der Waals surface area contributed by atoms with Gasteiger partial charge in [0, 0.05) is 37.6 Å². The summed E-state index contributed by atoms with van der Waals surface area (Å²) < 4.78 is 5.55. The Hall–Kier alpha value is -3.44. The second-order valence-electron chi connectivity index (χ2n) is 7.89. The van der Waals surface area contributed by atoms with Gasteiger partial charge in [0.2, 0.25) is 0 Å². The fourth-order valence-corrected chi connectivity index (χ4v) is 4.24. The normalized spacial score (nSPS) is 13.8. The lowest BCUT2D eigenvalue weighted by atomic mass is 9.96. The molecule has 182 valence electrons. The van der Waals surface area contributed by atoms with Gasteiger partial charge in [0.1, 0.15) is 10.3 Å². The number of likely N-dealkylation sites (tertiary alicyclic amines) is 1. The average molecular weight is 562 g/mol. The molecule has 1 fully saturated rings. The van der Waals surface area contributed by atoms with E-state index >= 15 is 0 Å². The highest BCUT2D eigenvalue weighted by molar-refractivity contribution is 9.10. The zero-order valence-corrected chi connectivity index (χ0v) is 20.8. The van der Waals surface area contributed by atoms with E-state index in [1.54, 1.807) is 48.8 Å². The number of anilines is 1. The minimum atomic E-state index is -0.670. The lowest BCUT2D eigenvalue weighted by Crippen LogP contribution is -2.42. The number of rotatable bonds is 6. The van der Waals surface area contributed by atoms with E-state index in [-0.39, 0.29) is 28.0 Å². The van der Waals surface area contributed by atoms with Crippen molar-refractivity contribution in [2.24, 2.45) is 5.92 Å². The van der Waals surface area contributed by atoms with Crippen molar-refractivity contribution in [3.05, 3.63) is 69.4 Å². The standard InChI is InChI=1S/C23H22BrClN6O4/c24-18-19(28-20(32)16-3-1-2-4-17(16)25)29-30-21(18)35-23(34)27-13-14-7-11-31(12-8-14)22(33)15-5-9-26-10-6-15/h1-6,9-10,14H,7-8,11-13H2,(H,27,34)(H2,28,29,30,32). The molecule has 10 nitrogen and oxygen atoms in total. The number of carbonyl (C=O) groups is 3. The van der Waals surface area contributed by atoms with Gasteiger partial charge >= 0.3 is 6.09 Å². The predicted octanol–water partition coefficient (Wildman–Crippen LogP) is 4.11. The number of hydrogen-bond acceptors (Lipinski definition) is 6. The monoisotopic (exact) mass is 560 g/mol. The van der Waals surface area contributed by atoms with Gasteiger partial charge in [0.25, 0.3) is 17.7 Å². The van der Waals surface area contributed by atoms with Gasteiger partial charge in [-0.3, -0.25) is 19.7 Å². The van der Waals surface area contributed by atoms with E-state index in [2.05, 4.69) is 41.7 Å². The highest BCUT2D eigenvalue weighted by Crippen LogP contribution is 2.30. The summed E-state index contributed by atoms with van der Waals surface area (Å²) in [6, 6.07) is 10.0. The summed E-state index contributed by atoms with van der Waals surface area (Å²) in [7, 11) is 0. The maximum absolute atomic E-state index is 12.5. The molecule has 12 heteroatoms. The van der Waals surface area contributed by atoms with Crippen LogP contribution < -0.4 is 15.4 Å². The number of halogens is 2. The molecule has 0 saturated carbocycles. The second-order valence-corrected chi connectivity index (χ2v) is 9.09. The Bertz CT molecular complexity index is 1210. The largest absolute Gasteiger partial charge is 0.414 e. The van der Waals surface area contributed by atoms with Gasteiger partial charge in [-0.05, 0) is 59.0 Å². The third kappa shape index (κ3) is 6.17. The Morgan fingerprint density at radius 1 is 1.14 bits per heavy atom. The summed E-state index contributed by atoms with van der Waals surface area (Å²) in [6.45, 7) is 1.64. The van der Waals surface area contributed by atoms with Crippen LogP contribution in [0.3, 0.4) is 0 Å². The molecular formula is C23H22BrClN6O4. The van der Waals surface area contributed by atoms with Crippen LogP contribution in [0.2, 0.25) is 5.02 Å². The van der Waals surface area contributed by atoms with Crippen molar-refractivity contribution in [1.29, 1.82) is 0 Å². The van der Waals surface area contributed by atoms with E-state index in [9.17, 15) is 14.4 Å². The van der Waals surface area contributed by atoms with Crippen LogP contribution in [-0.4, -0.2) is 57.6 Å². The van der Waals surface area contributed by atoms with Crippen LogP contribution in [-0.2, 0) is 0 Å². The molecule has 1 aliphatic heterocycles. The van der Waals surface area contributed by atoms with Crippen molar-refractivity contribution in [1.82, 2.24) is 25.4 Å². The topological polar surface area (TPSA) is 129 Å². The van der Waals surface area contributed by atoms with Crippen molar-refractivity contribution in [3.63, 3.8) is 0 Å². The van der Waals surface area contributed by atoms with Crippen molar-refractivity contribution in [3.8, 4) is 5.88 Å². The van der Waals surface area contributed by atoms with Gasteiger partial charge in [-0.1, -0.05) is 23.7 Å². The van der Waals surface area contributed by atoms with Gasteiger partial charge < -0.3 is 20.3 Å². The summed E-state index contributed by atoms with van der Waals surface area (Å²) in [5.41, 5.74) is 0.913. The first kappa shape index (κ1) is 24.7. The van der Waals surface area contributed by atoms with Crippen molar-refractivity contribution in [2.45, 2.75) is 12.8 Å². The van der Waals surface area contributed by atoms with E-state index in [1.807, 2.05) is 4.90 Å². The molecule has 0 aliphatic carbocycles. The molecule has 3 N–H and O–H groups in total. The van der Waals surface area contributed by atoms with Gasteiger partial charge in [0.05, 0.1) is 10.6 Å². The molecule has 3 aromatic rings. The molecule has 4 rings (SSSR count). The molecule has 0 spiro atoms. The van der Waals surface area contributed by atoms with Gasteiger partial charge in [-0.25, -0.2) is 4.79 Å². The third-order valence-corrected chi connectivity index (χ3v) is 6.65. The number of piperidine rings is 1. The first-order valence-corrected chi connectivity index (χ1v) is 12.0. The number of amides is 3. The van der Waals surface area contributed by atoms with Crippen LogP contribution >= 0.6 is 27.5 Å². The lowest BCUT2D eigenvalue weighted by molar-refractivity contribution is 0.0689. The molecule has 0 bridgehead atoms. The summed E-state index contributed by atoms with van der Waals surface area (Å²) in [5.74, 6) is -0.0282. The Morgan fingerprint density at radius 3 is 2.57 bits per heavy atom.